The van der Waals surface area contributed by atoms with Gasteiger partial charge in [0.2, 0.25) is 16.9 Å². The fraction of sp³-hybridized carbons (Fsp3) is 0.200. The van der Waals surface area contributed by atoms with Gasteiger partial charge in [0.15, 0.2) is 0 Å². The second-order valence-electron chi connectivity index (χ2n) is 8.66. The van der Waals surface area contributed by atoms with Gasteiger partial charge in [0.1, 0.15) is 11.3 Å². The molecule has 1 N–H and O–H groups in total. The Labute approximate surface area is 202 Å². The molecule has 35 heavy (non-hydrogen) atoms. The van der Waals surface area contributed by atoms with E-state index in [4.69, 9.17) is 4.74 Å². The fourth-order valence-corrected chi connectivity index (χ4v) is 4.69. The maximum atomic E-state index is 13.3. The molecular formula is C25H19F3N4O2S. The van der Waals surface area contributed by atoms with Gasteiger partial charge < -0.3 is 10.1 Å². The summed E-state index contributed by atoms with van der Waals surface area (Å²) in [6, 6.07) is 15.8. The third-order valence-corrected chi connectivity index (χ3v) is 6.62. The minimum Gasteiger partial charge on any atom is -0.438 e. The zero-order chi connectivity index (χ0) is 24.8. The molecule has 4 aromatic rings. The second-order valence-corrected chi connectivity index (χ2v) is 9.50. The second kappa shape index (κ2) is 8.46. The fourth-order valence-electron chi connectivity index (χ4n) is 4.25. The quantitative estimate of drug-likeness (QED) is 0.348. The number of hydrogen-bond acceptors (Lipinski definition) is 6. The van der Waals surface area contributed by atoms with E-state index < -0.39 is 23.1 Å². The number of nitrogens with zero attached hydrogens (tertiary/aromatic N) is 3. The third kappa shape index (κ3) is 4.25. The molecule has 0 fully saturated rings. The monoisotopic (exact) mass is 496 g/mol. The molecule has 6 nitrogen and oxygen atoms in total. The van der Waals surface area contributed by atoms with E-state index in [1.54, 1.807) is 24.3 Å². The highest BCUT2D eigenvalue weighted by Gasteiger charge is 2.44. The van der Waals surface area contributed by atoms with Crippen LogP contribution in [0, 0.1) is 5.41 Å². The zero-order valence-corrected chi connectivity index (χ0v) is 19.4. The largest absolute Gasteiger partial charge is 0.438 e. The number of nitrogens with one attached hydrogen (secondary N) is 1. The van der Waals surface area contributed by atoms with E-state index in [0.29, 0.717) is 27.7 Å². The van der Waals surface area contributed by atoms with Crippen LogP contribution in [0.25, 0.3) is 11.3 Å². The van der Waals surface area contributed by atoms with Gasteiger partial charge in [-0.1, -0.05) is 61.6 Å². The van der Waals surface area contributed by atoms with E-state index in [2.05, 4.69) is 20.5 Å². The first-order valence-corrected chi connectivity index (χ1v) is 11.6. The van der Waals surface area contributed by atoms with Crippen LogP contribution in [0.2, 0.25) is 0 Å². The maximum absolute atomic E-state index is 13.3. The van der Waals surface area contributed by atoms with Crippen LogP contribution in [-0.4, -0.2) is 21.1 Å². The van der Waals surface area contributed by atoms with Gasteiger partial charge in [-0.3, -0.25) is 4.79 Å². The van der Waals surface area contributed by atoms with Crippen molar-refractivity contribution < 1.29 is 22.7 Å². The number of aromatic nitrogens is 3. The number of benzene rings is 2. The van der Waals surface area contributed by atoms with Crippen molar-refractivity contribution in [2.24, 2.45) is 5.41 Å². The topological polar surface area (TPSA) is 77.0 Å². The van der Waals surface area contributed by atoms with Crippen molar-refractivity contribution in [1.29, 1.82) is 0 Å². The number of amides is 1. The molecule has 1 aliphatic rings. The van der Waals surface area contributed by atoms with E-state index >= 15 is 0 Å². The Morgan fingerprint density at radius 1 is 1.03 bits per heavy atom. The molecule has 0 saturated carbocycles. The molecule has 5 rings (SSSR count). The highest BCUT2D eigenvalue weighted by Crippen LogP contribution is 2.52. The number of halogens is 3. The Balaban J connectivity index is 1.58. The van der Waals surface area contributed by atoms with Crippen LogP contribution in [0.5, 0.6) is 11.6 Å². The molecule has 2 aromatic heterocycles. The highest BCUT2D eigenvalue weighted by molar-refractivity contribution is 7.13. The first kappa shape index (κ1) is 23.0. The standard InChI is InChI=1S/C25H19F3N4O2S/c1-24(2,22(33)31-23-32-29-13-35-23)20-16-8-3-4-9-19(16)34-21-17(20)10-11-18(30-21)14-6-5-7-15(12-14)25(26,27)28/h3-13,20H,1-2H3,(H,31,32,33)/t20-/m0/s1. The van der Waals surface area contributed by atoms with E-state index in [1.807, 2.05) is 32.0 Å². The average Bonchev–Trinajstić information content (AvgIpc) is 3.34. The maximum Gasteiger partial charge on any atom is 0.416 e. The van der Waals surface area contributed by atoms with E-state index in [0.717, 1.165) is 17.7 Å². The molecule has 2 aromatic carbocycles. The molecule has 0 aliphatic carbocycles. The third-order valence-electron chi connectivity index (χ3n) is 6.01. The predicted octanol–water partition coefficient (Wildman–Crippen LogP) is 6.52. The van der Waals surface area contributed by atoms with Gasteiger partial charge in [-0.25, -0.2) is 4.98 Å². The van der Waals surface area contributed by atoms with Crippen LogP contribution in [0.3, 0.4) is 0 Å². The summed E-state index contributed by atoms with van der Waals surface area (Å²) in [7, 11) is 0. The van der Waals surface area contributed by atoms with Gasteiger partial charge in [0.25, 0.3) is 0 Å². The summed E-state index contributed by atoms with van der Waals surface area (Å²) in [5.41, 5.74) is 1.94. The highest BCUT2D eigenvalue weighted by atomic mass is 32.1. The number of rotatable bonds is 4. The summed E-state index contributed by atoms with van der Waals surface area (Å²) in [5, 5.41) is 10.9. The minimum absolute atomic E-state index is 0.250. The van der Waals surface area contributed by atoms with Gasteiger partial charge in [-0.2, -0.15) is 13.2 Å². The molecule has 1 amide bonds. The Morgan fingerprint density at radius 2 is 1.83 bits per heavy atom. The molecule has 0 saturated heterocycles. The first-order chi connectivity index (χ1) is 16.6. The van der Waals surface area contributed by atoms with Crippen LogP contribution >= 0.6 is 11.3 Å². The molecular weight excluding hydrogens is 477 g/mol. The molecule has 178 valence electrons. The van der Waals surface area contributed by atoms with Crippen molar-refractivity contribution in [2.75, 3.05) is 5.32 Å². The molecule has 0 bridgehead atoms. The lowest BCUT2D eigenvalue weighted by molar-refractivity contribution is -0.137. The number of alkyl halides is 3. The van der Waals surface area contributed by atoms with Crippen LogP contribution in [0.15, 0.2) is 66.2 Å². The van der Waals surface area contributed by atoms with Crippen molar-refractivity contribution in [2.45, 2.75) is 25.9 Å². The van der Waals surface area contributed by atoms with Crippen molar-refractivity contribution in [3.63, 3.8) is 0 Å². The first-order valence-electron chi connectivity index (χ1n) is 10.7. The molecule has 0 spiro atoms. The van der Waals surface area contributed by atoms with Gasteiger partial charge in [0, 0.05) is 22.6 Å². The molecule has 0 unspecified atom stereocenters. The predicted molar refractivity (Wildman–Crippen MR) is 125 cm³/mol. The Hall–Kier alpha value is -3.79. The number of hydrogen-bond donors (Lipinski definition) is 1. The number of para-hydroxylation sites is 1. The normalized spacial score (nSPS) is 15.1. The van der Waals surface area contributed by atoms with E-state index in [1.165, 1.54) is 22.9 Å². The summed E-state index contributed by atoms with van der Waals surface area (Å²) in [4.78, 5) is 17.9. The van der Waals surface area contributed by atoms with Gasteiger partial charge in [-0.05, 0) is 24.3 Å². The van der Waals surface area contributed by atoms with Crippen molar-refractivity contribution in [1.82, 2.24) is 15.2 Å². The van der Waals surface area contributed by atoms with Crippen LogP contribution < -0.4 is 10.1 Å². The van der Waals surface area contributed by atoms with Crippen molar-refractivity contribution in [3.05, 3.63) is 82.9 Å². The zero-order valence-electron chi connectivity index (χ0n) is 18.6. The molecule has 1 aliphatic heterocycles. The van der Waals surface area contributed by atoms with Crippen LogP contribution in [-0.2, 0) is 11.0 Å². The number of carbonyl (C=O) groups excluding carboxylic acids is 1. The molecule has 1 atom stereocenters. The number of carbonyl (C=O) groups is 1. The minimum atomic E-state index is -4.46. The van der Waals surface area contributed by atoms with E-state index in [-0.39, 0.29) is 11.8 Å². The smallest absolute Gasteiger partial charge is 0.416 e. The summed E-state index contributed by atoms with van der Waals surface area (Å²) in [6.45, 7) is 3.64. The van der Waals surface area contributed by atoms with Crippen molar-refractivity contribution in [3.8, 4) is 22.9 Å². The molecule has 10 heteroatoms. The molecule has 0 radical (unpaired) electrons. The number of pyridine rings is 1. The number of ether oxygens (including phenoxy) is 1. The van der Waals surface area contributed by atoms with Gasteiger partial charge in [-0.15, -0.1) is 10.2 Å². The average molecular weight is 497 g/mol. The summed E-state index contributed by atoms with van der Waals surface area (Å²) >= 11 is 1.22. The van der Waals surface area contributed by atoms with Crippen molar-refractivity contribution >= 4 is 22.4 Å². The Morgan fingerprint density at radius 3 is 2.57 bits per heavy atom. The Kier molecular flexibility index (Phi) is 5.55. The summed E-state index contributed by atoms with van der Waals surface area (Å²) in [5.74, 6) is 0.0955. The van der Waals surface area contributed by atoms with Gasteiger partial charge >= 0.3 is 6.18 Å². The Bertz CT molecular complexity index is 1400. The number of fused-ring (bicyclic) bond motifs is 2. The lowest BCUT2D eigenvalue weighted by atomic mass is 9.69. The number of anilines is 1. The van der Waals surface area contributed by atoms with E-state index in [9.17, 15) is 18.0 Å². The van der Waals surface area contributed by atoms with Crippen LogP contribution in [0.1, 0.15) is 36.5 Å². The molecule has 3 heterocycles. The lowest BCUT2D eigenvalue weighted by Crippen LogP contribution is -2.38. The summed E-state index contributed by atoms with van der Waals surface area (Å²) in [6.07, 6.45) is -4.46. The lowest BCUT2D eigenvalue weighted by Gasteiger charge is -2.37. The van der Waals surface area contributed by atoms with Gasteiger partial charge in [0.05, 0.1) is 16.7 Å². The van der Waals surface area contributed by atoms with Crippen LogP contribution in [0.4, 0.5) is 18.3 Å². The SMILES string of the molecule is CC(C)(C(=O)Nc1nncs1)[C@H]1c2ccccc2Oc2nc(-c3cccc(C(F)(F)F)c3)ccc21. The summed E-state index contributed by atoms with van der Waals surface area (Å²) < 4.78 is 45.7.